The maximum atomic E-state index is 11.6. The molecule has 0 fully saturated rings. The molecule has 0 aromatic carbocycles. The lowest BCUT2D eigenvalue weighted by Gasteiger charge is -2.21. The highest BCUT2D eigenvalue weighted by molar-refractivity contribution is 5.89. The molecule has 0 bridgehead atoms. The molecule has 0 aliphatic heterocycles. The van der Waals surface area contributed by atoms with Crippen LogP contribution in [-0.4, -0.2) is 23.3 Å². The van der Waals surface area contributed by atoms with Crippen LogP contribution in [0.3, 0.4) is 0 Å². The minimum Gasteiger partial charge on any atom is -0.457 e. The third kappa shape index (κ3) is 2.84. The summed E-state index contributed by atoms with van der Waals surface area (Å²) in [4.78, 5) is 11.6. The van der Waals surface area contributed by atoms with Gasteiger partial charge in [-0.15, -0.1) is 0 Å². The standard InChI is InChI=1S/C11H18O3/c1-11(2,3)14-10(13)9-6-4-5-8(9)7-12/h6,8,12H,4-5,7H2,1-3H3. The molecule has 1 unspecified atom stereocenters. The Morgan fingerprint density at radius 2 is 2.29 bits per heavy atom. The predicted molar refractivity (Wildman–Crippen MR) is 53.7 cm³/mol. The van der Waals surface area contributed by atoms with Crippen molar-refractivity contribution in [2.75, 3.05) is 6.61 Å². The van der Waals surface area contributed by atoms with Crippen molar-refractivity contribution in [3.63, 3.8) is 0 Å². The molecule has 1 aliphatic carbocycles. The molecule has 0 radical (unpaired) electrons. The lowest BCUT2D eigenvalue weighted by molar-refractivity contribution is -0.150. The average Bonchev–Trinajstić information content (AvgIpc) is 2.47. The molecule has 0 saturated carbocycles. The van der Waals surface area contributed by atoms with Crippen molar-refractivity contribution < 1.29 is 14.6 Å². The predicted octanol–water partition coefficient (Wildman–Crippen LogP) is 1.66. The van der Waals surface area contributed by atoms with Crippen molar-refractivity contribution in [1.82, 2.24) is 0 Å². The molecule has 0 saturated heterocycles. The van der Waals surface area contributed by atoms with Crippen LogP contribution in [0, 0.1) is 5.92 Å². The average molecular weight is 198 g/mol. The monoisotopic (exact) mass is 198 g/mol. The zero-order chi connectivity index (χ0) is 10.8. The Kier molecular flexibility index (Phi) is 3.32. The van der Waals surface area contributed by atoms with Gasteiger partial charge in [0.05, 0.1) is 6.61 Å². The van der Waals surface area contributed by atoms with Crippen LogP contribution < -0.4 is 0 Å². The highest BCUT2D eigenvalue weighted by atomic mass is 16.6. The second kappa shape index (κ2) is 4.13. The fourth-order valence-electron chi connectivity index (χ4n) is 1.54. The highest BCUT2D eigenvalue weighted by Crippen LogP contribution is 2.27. The summed E-state index contributed by atoms with van der Waals surface area (Å²) < 4.78 is 5.24. The van der Waals surface area contributed by atoms with Crippen LogP contribution in [0.25, 0.3) is 0 Å². The number of rotatable bonds is 2. The largest absolute Gasteiger partial charge is 0.457 e. The first-order valence-electron chi connectivity index (χ1n) is 4.98. The minimum absolute atomic E-state index is 0.0233. The number of hydrogen-bond acceptors (Lipinski definition) is 3. The van der Waals surface area contributed by atoms with Crippen molar-refractivity contribution in [1.29, 1.82) is 0 Å². The number of aliphatic hydroxyl groups excluding tert-OH is 1. The Morgan fingerprint density at radius 3 is 2.79 bits per heavy atom. The Hall–Kier alpha value is -0.830. The van der Waals surface area contributed by atoms with E-state index >= 15 is 0 Å². The summed E-state index contributed by atoms with van der Waals surface area (Å²) in [5, 5.41) is 9.04. The van der Waals surface area contributed by atoms with E-state index in [2.05, 4.69) is 0 Å². The van der Waals surface area contributed by atoms with Gasteiger partial charge in [0.1, 0.15) is 5.60 Å². The van der Waals surface area contributed by atoms with Gasteiger partial charge in [0.15, 0.2) is 0 Å². The molecular weight excluding hydrogens is 180 g/mol. The van der Waals surface area contributed by atoms with E-state index in [4.69, 9.17) is 9.84 Å². The summed E-state index contributed by atoms with van der Waals surface area (Å²) in [6, 6.07) is 0. The van der Waals surface area contributed by atoms with Gasteiger partial charge in [-0.1, -0.05) is 6.08 Å². The number of carbonyl (C=O) groups is 1. The number of esters is 1. The Morgan fingerprint density at radius 1 is 1.64 bits per heavy atom. The van der Waals surface area contributed by atoms with Gasteiger partial charge in [-0.05, 0) is 33.6 Å². The first-order chi connectivity index (χ1) is 6.44. The zero-order valence-corrected chi connectivity index (χ0v) is 9.04. The molecule has 0 amide bonds. The number of aliphatic hydroxyl groups is 1. The SMILES string of the molecule is CC(C)(C)OC(=O)C1=CCCC1CO. The third-order valence-corrected chi connectivity index (χ3v) is 2.17. The van der Waals surface area contributed by atoms with Gasteiger partial charge in [0.25, 0.3) is 0 Å². The van der Waals surface area contributed by atoms with Crippen molar-refractivity contribution in [3.05, 3.63) is 11.6 Å². The molecule has 1 rings (SSSR count). The second-order valence-electron chi connectivity index (χ2n) is 4.62. The van der Waals surface area contributed by atoms with Crippen molar-refractivity contribution in [3.8, 4) is 0 Å². The number of allylic oxidation sites excluding steroid dienone is 1. The molecular formula is C11H18O3. The van der Waals surface area contributed by atoms with Crippen molar-refractivity contribution in [2.45, 2.75) is 39.2 Å². The Balaban J connectivity index is 2.61. The van der Waals surface area contributed by atoms with E-state index < -0.39 is 5.60 Å². The second-order valence-corrected chi connectivity index (χ2v) is 4.62. The van der Waals surface area contributed by atoms with E-state index in [-0.39, 0.29) is 18.5 Å². The summed E-state index contributed by atoms with van der Waals surface area (Å²) in [6.07, 6.45) is 3.58. The Bertz CT molecular complexity index is 248. The van der Waals surface area contributed by atoms with E-state index in [0.717, 1.165) is 12.8 Å². The van der Waals surface area contributed by atoms with Gasteiger partial charge in [-0.3, -0.25) is 0 Å². The smallest absolute Gasteiger partial charge is 0.334 e. The summed E-state index contributed by atoms with van der Waals surface area (Å²) in [5.41, 5.74) is 0.183. The van der Waals surface area contributed by atoms with Gasteiger partial charge in [0, 0.05) is 11.5 Å². The summed E-state index contributed by atoms with van der Waals surface area (Å²) in [5.74, 6) is -0.307. The van der Waals surface area contributed by atoms with E-state index in [9.17, 15) is 4.79 Å². The van der Waals surface area contributed by atoms with Crippen LogP contribution in [0.15, 0.2) is 11.6 Å². The summed E-state index contributed by atoms with van der Waals surface area (Å²) in [7, 11) is 0. The van der Waals surface area contributed by atoms with Crippen molar-refractivity contribution >= 4 is 5.97 Å². The molecule has 1 aliphatic rings. The first-order valence-corrected chi connectivity index (χ1v) is 4.98. The molecule has 0 aromatic heterocycles. The summed E-state index contributed by atoms with van der Waals surface area (Å²) >= 11 is 0. The van der Waals surface area contributed by atoms with Crippen LogP contribution in [0.1, 0.15) is 33.6 Å². The molecule has 3 heteroatoms. The van der Waals surface area contributed by atoms with Gasteiger partial charge in [0.2, 0.25) is 0 Å². The fourth-order valence-corrected chi connectivity index (χ4v) is 1.54. The normalized spacial score (nSPS) is 22.0. The highest BCUT2D eigenvalue weighted by Gasteiger charge is 2.28. The van der Waals surface area contributed by atoms with E-state index in [1.54, 1.807) is 0 Å². The van der Waals surface area contributed by atoms with Gasteiger partial charge >= 0.3 is 5.97 Å². The van der Waals surface area contributed by atoms with Crippen LogP contribution in [0.2, 0.25) is 0 Å². The van der Waals surface area contributed by atoms with Crippen LogP contribution >= 0.6 is 0 Å². The van der Waals surface area contributed by atoms with E-state index in [1.807, 2.05) is 26.8 Å². The van der Waals surface area contributed by atoms with Crippen LogP contribution in [0.5, 0.6) is 0 Å². The molecule has 0 heterocycles. The molecule has 3 nitrogen and oxygen atoms in total. The Labute approximate surface area is 84.8 Å². The first kappa shape index (κ1) is 11.2. The maximum absolute atomic E-state index is 11.6. The fraction of sp³-hybridized carbons (Fsp3) is 0.727. The van der Waals surface area contributed by atoms with Crippen molar-refractivity contribution in [2.24, 2.45) is 5.92 Å². The molecule has 80 valence electrons. The maximum Gasteiger partial charge on any atom is 0.334 e. The number of carbonyl (C=O) groups excluding carboxylic acids is 1. The van der Waals surface area contributed by atoms with Crippen LogP contribution in [0.4, 0.5) is 0 Å². The molecule has 0 spiro atoms. The van der Waals surface area contributed by atoms with E-state index in [1.165, 1.54) is 0 Å². The van der Waals surface area contributed by atoms with Gasteiger partial charge in [-0.25, -0.2) is 4.79 Å². The third-order valence-electron chi connectivity index (χ3n) is 2.17. The van der Waals surface area contributed by atoms with Crippen LogP contribution in [-0.2, 0) is 9.53 Å². The molecule has 14 heavy (non-hydrogen) atoms. The minimum atomic E-state index is -0.458. The zero-order valence-electron chi connectivity index (χ0n) is 9.04. The summed E-state index contributed by atoms with van der Waals surface area (Å²) in [6.45, 7) is 5.56. The quantitative estimate of drug-likeness (QED) is 0.686. The molecule has 1 atom stereocenters. The molecule has 1 N–H and O–H groups in total. The topological polar surface area (TPSA) is 46.5 Å². The van der Waals surface area contributed by atoms with E-state index in [0.29, 0.717) is 5.57 Å². The van der Waals surface area contributed by atoms with Gasteiger partial charge in [-0.2, -0.15) is 0 Å². The lowest BCUT2D eigenvalue weighted by atomic mass is 10.0. The lowest BCUT2D eigenvalue weighted by Crippen LogP contribution is -2.26. The number of ether oxygens (including phenoxy) is 1. The number of hydrogen-bond donors (Lipinski definition) is 1. The molecule has 0 aromatic rings. The van der Waals surface area contributed by atoms with Gasteiger partial charge < -0.3 is 9.84 Å².